The first-order valence-corrected chi connectivity index (χ1v) is 10.3. The van der Waals surface area contributed by atoms with Gasteiger partial charge < -0.3 is 15.0 Å². The van der Waals surface area contributed by atoms with E-state index in [-0.39, 0.29) is 0 Å². The third-order valence-corrected chi connectivity index (χ3v) is 2.96. The largest absolute Gasteiger partial charge is 0.492 e. The first-order chi connectivity index (χ1) is 12.0. The summed E-state index contributed by atoms with van der Waals surface area (Å²) in [5, 5.41) is 7.89. The number of ether oxygens (including phenoxy) is 1. The van der Waals surface area contributed by atoms with Gasteiger partial charge in [-0.25, -0.2) is 0 Å². The van der Waals surface area contributed by atoms with Crippen molar-refractivity contribution < 1.29 is 4.74 Å². The Bertz CT molecular complexity index is 312. The lowest BCUT2D eigenvalue weighted by molar-refractivity contribution is 0.222. The standard InChI is InChI=1S/C15H30N2O.C3H4.C2H6.CH4S/c1-5-7-8-9-13-18-14(3)15(16)10-12-17(4)11-6-2;1-3-2;2*1-2/h16H,3,5-13H2,1-2,4H3;1H,2H3;1-2H3;2H,1H3. The van der Waals surface area contributed by atoms with Crippen molar-refractivity contribution in [3.63, 3.8) is 0 Å². The maximum atomic E-state index is 7.89. The van der Waals surface area contributed by atoms with Crippen molar-refractivity contribution in [1.29, 1.82) is 5.41 Å². The number of hydrogen-bond donors (Lipinski definition) is 2. The number of nitrogens with zero attached hydrogens (tertiary/aromatic N) is 1. The molecule has 4 heteroatoms. The molecular weight excluding hydrogens is 328 g/mol. The maximum Gasteiger partial charge on any atom is 0.132 e. The van der Waals surface area contributed by atoms with Crippen LogP contribution in [-0.2, 0) is 4.74 Å². The molecule has 0 amide bonds. The molecule has 0 saturated carbocycles. The van der Waals surface area contributed by atoms with Gasteiger partial charge in [-0.15, -0.1) is 12.3 Å². The Morgan fingerprint density at radius 3 is 2.08 bits per heavy atom. The average Bonchev–Trinajstić information content (AvgIpc) is 2.63. The molecule has 3 nitrogen and oxygen atoms in total. The molecule has 25 heavy (non-hydrogen) atoms. The predicted molar refractivity (Wildman–Crippen MR) is 120 cm³/mol. The first kappa shape index (κ1) is 31.8. The molecule has 0 aliphatic carbocycles. The second-order valence-corrected chi connectivity index (χ2v) is 5.15. The molecule has 0 aromatic carbocycles. The van der Waals surface area contributed by atoms with Gasteiger partial charge in [0.2, 0.25) is 0 Å². The quantitative estimate of drug-likeness (QED) is 0.144. The molecule has 0 bridgehead atoms. The van der Waals surface area contributed by atoms with Crippen molar-refractivity contribution in [2.45, 2.75) is 73.1 Å². The predicted octanol–water partition coefficient (Wildman–Crippen LogP) is 6.06. The summed E-state index contributed by atoms with van der Waals surface area (Å²) in [7, 11) is 2.09. The monoisotopic (exact) mass is 372 g/mol. The summed E-state index contributed by atoms with van der Waals surface area (Å²) < 4.78 is 5.51. The molecule has 0 spiro atoms. The highest BCUT2D eigenvalue weighted by Gasteiger charge is 2.05. The van der Waals surface area contributed by atoms with Gasteiger partial charge >= 0.3 is 0 Å². The van der Waals surface area contributed by atoms with Crippen LogP contribution in [0.25, 0.3) is 0 Å². The van der Waals surface area contributed by atoms with Gasteiger partial charge in [-0.3, -0.25) is 0 Å². The van der Waals surface area contributed by atoms with Crippen molar-refractivity contribution in [1.82, 2.24) is 4.90 Å². The summed E-state index contributed by atoms with van der Waals surface area (Å²) in [4.78, 5) is 2.24. The lowest BCUT2D eigenvalue weighted by atomic mass is 10.2. The smallest absolute Gasteiger partial charge is 0.132 e. The zero-order valence-corrected chi connectivity index (χ0v) is 18.8. The third kappa shape index (κ3) is 31.4. The molecule has 1 N–H and O–H groups in total. The fourth-order valence-electron chi connectivity index (χ4n) is 1.75. The molecule has 0 aliphatic heterocycles. The number of nitrogens with one attached hydrogen (secondary N) is 1. The summed E-state index contributed by atoms with van der Waals surface area (Å²) >= 11 is 3.53. The molecule has 0 aromatic heterocycles. The summed E-state index contributed by atoms with van der Waals surface area (Å²) in [6, 6.07) is 0. The first-order valence-electron chi connectivity index (χ1n) is 9.43. The Morgan fingerprint density at radius 1 is 1.12 bits per heavy atom. The van der Waals surface area contributed by atoms with Gasteiger partial charge in [0.05, 0.1) is 12.3 Å². The second kappa shape index (κ2) is 30.9. The van der Waals surface area contributed by atoms with E-state index < -0.39 is 0 Å². The van der Waals surface area contributed by atoms with Gasteiger partial charge in [-0.05, 0) is 39.6 Å². The van der Waals surface area contributed by atoms with Crippen molar-refractivity contribution >= 4 is 18.3 Å². The van der Waals surface area contributed by atoms with Gasteiger partial charge in [0, 0.05) is 13.0 Å². The Balaban J connectivity index is -0.000000274. The van der Waals surface area contributed by atoms with Gasteiger partial charge in [-0.2, -0.15) is 12.6 Å². The van der Waals surface area contributed by atoms with Crippen molar-refractivity contribution in [3.8, 4) is 12.3 Å². The van der Waals surface area contributed by atoms with E-state index in [9.17, 15) is 0 Å². The molecule has 0 fully saturated rings. The van der Waals surface area contributed by atoms with Crippen LogP contribution in [-0.4, -0.2) is 43.6 Å². The van der Waals surface area contributed by atoms with Crippen LogP contribution in [0, 0.1) is 17.8 Å². The number of hydrogen-bond acceptors (Lipinski definition) is 4. The Kier molecular flexibility index (Phi) is 39.3. The molecule has 0 atom stereocenters. The molecule has 0 radical (unpaired) electrons. The summed E-state index contributed by atoms with van der Waals surface area (Å²) in [5.41, 5.74) is 0.536. The molecular formula is C21H44N2OS. The summed E-state index contributed by atoms with van der Waals surface area (Å²) in [6.45, 7) is 16.5. The number of rotatable bonds is 12. The Labute approximate surface area is 164 Å². The minimum atomic E-state index is 0.536. The Morgan fingerprint density at radius 2 is 1.64 bits per heavy atom. The number of thiol groups is 1. The minimum absolute atomic E-state index is 0.536. The number of allylic oxidation sites excluding steroid dienone is 1. The molecule has 0 aromatic rings. The topological polar surface area (TPSA) is 36.3 Å². The van der Waals surface area contributed by atoms with Crippen LogP contribution in [0.4, 0.5) is 0 Å². The Hall–Kier alpha value is -0.920. The summed E-state index contributed by atoms with van der Waals surface area (Å²) in [6.07, 6.45) is 12.9. The normalized spacial score (nSPS) is 8.48. The lowest BCUT2D eigenvalue weighted by Gasteiger charge is -2.16. The number of unbranched alkanes of at least 4 members (excludes halogenated alkanes) is 3. The van der Waals surface area contributed by atoms with Crippen LogP contribution >= 0.6 is 12.6 Å². The average molecular weight is 373 g/mol. The lowest BCUT2D eigenvalue weighted by Crippen LogP contribution is -2.23. The van der Waals surface area contributed by atoms with E-state index in [1.807, 2.05) is 13.8 Å². The van der Waals surface area contributed by atoms with E-state index in [1.165, 1.54) is 19.3 Å². The SMILES string of the molecule is C#CC.C=C(OCCCCCC)C(=N)CCN(C)CCC.CC.CS. The minimum Gasteiger partial charge on any atom is -0.492 e. The van der Waals surface area contributed by atoms with E-state index in [2.05, 4.69) is 57.3 Å². The fraction of sp³-hybridized carbons (Fsp3) is 0.762. The van der Waals surface area contributed by atoms with Crippen LogP contribution in [0.3, 0.4) is 0 Å². The van der Waals surface area contributed by atoms with Crippen molar-refractivity contribution in [2.24, 2.45) is 0 Å². The van der Waals surface area contributed by atoms with E-state index in [4.69, 9.17) is 10.1 Å². The molecule has 0 heterocycles. The zero-order chi connectivity index (χ0) is 20.5. The molecule has 150 valence electrons. The van der Waals surface area contributed by atoms with E-state index in [0.717, 1.165) is 32.4 Å². The zero-order valence-electron chi connectivity index (χ0n) is 18.0. The van der Waals surface area contributed by atoms with Gasteiger partial charge in [0.15, 0.2) is 0 Å². The third-order valence-electron chi connectivity index (χ3n) is 2.96. The van der Waals surface area contributed by atoms with Crippen LogP contribution in [0.5, 0.6) is 0 Å². The van der Waals surface area contributed by atoms with Gasteiger partial charge in [-0.1, -0.05) is 53.5 Å². The van der Waals surface area contributed by atoms with Crippen molar-refractivity contribution in [2.75, 3.05) is 33.0 Å². The van der Waals surface area contributed by atoms with E-state index >= 15 is 0 Å². The fourth-order valence-corrected chi connectivity index (χ4v) is 1.75. The van der Waals surface area contributed by atoms with Crippen LogP contribution in [0.1, 0.15) is 73.1 Å². The number of terminal acetylenes is 1. The second-order valence-electron chi connectivity index (χ2n) is 5.15. The highest BCUT2D eigenvalue weighted by Crippen LogP contribution is 2.05. The molecule has 0 rings (SSSR count). The highest BCUT2D eigenvalue weighted by molar-refractivity contribution is 7.79. The van der Waals surface area contributed by atoms with Crippen LogP contribution in [0.15, 0.2) is 12.3 Å². The van der Waals surface area contributed by atoms with Gasteiger partial charge in [0.25, 0.3) is 0 Å². The van der Waals surface area contributed by atoms with Gasteiger partial charge in [0.1, 0.15) is 5.76 Å². The highest BCUT2D eigenvalue weighted by atomic mass is 32.1. The molecule has 0 aliphatic rings. The van der Waals surface area contributed by atoms with E-state index in [0.29, 0.717) is 18.1 Å². The summed E-state index contributed by atoms with van der Waals surface area (Å²) in [5.74, 6) is 2.80. The van der Waals surface area contributed by atoms with Crippen LogP contribution < -0.4 is 0 Å². The van der Waals surface area contributed by atoms with Crippen molar-refractivity contribution in [3.05, 3.63) is 12.3 Å². The van der Waals surface area contributed by atoms with Crippen LogP contribution in [0.2, 0.25) is 0 Å². The maximum absolute atomic E-state index is 7.89. The van der Waals surface area contributed by atoms with E-state index in [1.54, 1.807) is 13.2 Å². The molecule has 0 unspecified atom stereocenters. The molecule has 0 saturated heterocycles.